The Morgan fingerprint density at radius 1 is 0.741 bits per heavy atom. The van der Waals surface area contributed by atoms with E-state index in [1.54, 1.807) is 0 Å². The van der Waals surface area contributed by atoms with Gasteiger partial charge in [-0.15, -0.1) is 0 Å². The third kappa shape index (κ3) is 3.31. The van der Waals surface area contributed by atoms with Crippen molar-refractivity contribution in [3.05, 3.63) is 0 Å². The predicted octanol–water partition coefficient (Wildman–Crippen LogP) is 5.81. The van der Waals surface area contributed by atoms with E-state index in [-0.39, 0.29) is 0 Å². The Morgan fingerprint density at radius 2 is 1.22 bits per heavy atom. The van der Waals surface area contributed by atoms with Crippen LogP contribution in [0.4, 0.5) is 0 Å². The minimum atomic E-state index is 0.351. The largest absolute Gasteiger partial charge is 0.299 e. The van der Waals surface area contributed by atoms with Crippen LogP contribution in [0, 0.1) is 27.6 Å². The number of nitrogens with zero attached hydrogens (tertiary/aromatic N) is 2. The predicted molar refractivity (Wildman–Crippen MR) is 116 cm³/mol. The molecule has 0 aromatic rings. The van der Waals surface area contributed by atoms with Gasteiger partial charge in [-0.2, -0.15) is 0 Å². The first-order valence-corrected chi connectivity index (χ1v) is 11.7. The van der Waals surface area contributed by atoms with E-state index in [1.165, 1.54) is 64.7 Å². The van der Waals surface area contributed by atoms with Crippen molar-refractivity contribution in [3.63, 3.8) is 0 Å². The lowest BCUT2D eigenvalue weighted by Gasteiger charge is -2.56. The first kappa shape index (κ1) is 20.2. The van der Waals surface area contributed by atoms with Crippen LogP contribution in [0.25, 0.3) is 0 Å². The number of rotatable bonds is 1. The van der Waals surface area contributed by atoms with Gasteiger partial charge in [0.2, 0.25) is 0 Å². The molecule has 2 heteroatoms. The molecule has 0 bridgehead atoms. The molecule has 27 heavy (non-hydrogen) atoms. The minimum absolute atomic E-state index is 0.351. The Labute approximate surface area is 169 Å². The van der Waals surface area contributed by atoms with Crippen LogP contribution in [0.1, 0.15) is 93.9 Å². The molecule has 2 saturated carbocycles. The molecule has 4 rings (SSSR count). The van der Waals surface area contributed by atoms with Crippen LogP contribution < -0.4 is 0 Å². The first-order valence-electron chi connectivity index (χ1n) is 11.7. The summed E-state index contributed by atoms with van der Waals surface area (Å²) >= 11 is 0. The Balaban J connectivity index is 1.34. The lowest BCUT2D eigenvalue weighted by atomic mass is 9.59. The molecule has 1 spiro atoms. The Hall–Kier alpha value is -0.0800. The van der Waals surface area contributed by atoms with Gasteiger partial charge >= 0.3 is 0 Å². The van der Waals surface area contributed by atoms with Crippen molar-refractivity contribution in [2.45, 2.75) is 105 Å². The van der Waals surface area contributed by atoms with Crippen LogP contribution in [0.3, 0.4) is 0 Å². The summed E-state index contributed by atoms with van der Waals surface area (Å²) in [6.07, 6.45) is 8.74. The fraction of sp³-hybridized carbons (Fsp3) is 1.00. The van der Waals surface area contributed by atoms with Gasteiger partial charge in [-0.25, -0.2) is 0 Å². The maximum Gasteiger partial charge on any atom is 0.0125 e. The number of piperidine rings is 1. The molecule has 0 aromatic carbocycles. The number of fused-ring (bicyclic) bond motifs is 1. The molecule has 2 aliphatic carbocycles. The highest BCUT2D eigenvalue weighted by Gasteiger charge is 2.61. The summed E-state index contributed by atoms with van der Waals surface area (Å²) in [5.41, 5.74) is 2.61. The van der Waals surface area contributed by atoms with Gasteiger partial charge in [0.15, 0.2) is 0 Å². The molecule has 156 valence electrons. The van der Waals surface area contributed by atoms with Crippen molar-refractivity contribution >= 4 is 0 Å². The highest BCUT2D eigenvalue weighted by molar-refractivity contribution is 5.13. The molecule has 2 heterocycles. The van der Waals surface area contributed by atoms with E-state index < -0.39 is 0 Å². The summed E-state index contributed by atoms with van der Waals surface area (Å²) in [6, 6.07) is 0.888. The van der Waals surface area contributed by atoms with Crippen molar-refractivity contribution in [1.82, 2.24) is 9.80 Å². The smallest absolute Gasteiger partial charge is 0.0125 e. The third-order valence-electron chi connectivity index (χ3n) is 9.81. The molecular weight excluding hydrogens is 328 g/mol. The Morgan fingerprint density at radius 3 is 1.63 bits per heavy atom. The van der Waals surface area contributed by atoms with Gasteiger partial charge in [0, 0.05) is 24.7 Å². The first-order chi connectivity index (χ1) is 12.3. The quantitative estimate of drug-likeness (QED) is 0.571. The zero-order valence-corrected chi connectivity index (χ0v) is 19.6. The Kier molecular flexibility index (Phi) is 4.47. The standard InChI is InChI=1S/C25H46N2/c1-21(2,3)19-13-23(7)17-26(18-24(23,8)14-19)20-15-25(16-20)9-11-27(12-10-25)22(4,5)6/h19-20H,9-18H2,1-8H3. The van der Waals surface area contributed by atoms with Crippen LogP contribution in [0.15, 0.2) is 0 Å². The monoisotopic (exact) mass is 374 g/mol. The van der Waals surface area contributed by atoms with E-state index in [1.807, 2.05) is 0 Å². The zero-order chi connectivity index (χ0) is 19.9. The van der Waals surface area contributed by atoms with E-state index in [0.29, 0.717) is 27.2 Å². The van der Waals surface area contributed by atoms with E-state index in [2.05, 4.69) is 65.2 Å². The van der Waals surface area contributed by atoms with Gasteiger partial charge in [0.05, 0.1) is 0 Å². The van der Waals surface area contributed by atoms with Crippen molar-refractivity contribution in [3.8, 4) is 0 Å². The molecule has 4 aliphatic rings. The van der Waals surface area contributed by atoms with Gasteiger partial charge in [-0.1, -0.05) is 34.6 Å². The van der Waals surface area contributed by atoms with Crippen molar-refractivity contribution < 1.29 is 0 Å². The van der Waals surface area contributed by atoms with Crippen LogP contribution >= 0.6 is 0 Å². The van der Waals surface area contributed by atoms with Gasteiger partial charge in [0.1, 0.15) is 0 Å². The van der Waals surface area contributed by atoms with Crippen molar-refractivity contribution in [1.29, 1.82) is 0 Å². The van der Waals surface area contributed by atoms with Gasteiger partial charge < -0.3 is 0 Å². The average molecular weight is 375 g/mol. The van der Waals surface area contributed by atoms with Gasteiger partial charge in [0.25, 0.3) is 0 Å². The second-order valence-corrected chi connectivity index (χ2v) is 13.7. The number of likely N-dealkylation sites (tertiary alicyclic amines) is 2. The third-order valence-corrected chi connectivity index (χ3v) is 9.81. The molecule has 2 aliphatic heterocycles. The SMILES string of the molecule is CC(C)(C)C1CC2(C)CN(C3CC4(CCN(C(C)(C)C)CC4)C3)CC2(C)C1. The maximum atomic E-state index is 2.93. The van der Waals surface area contributed by atoms with E-state index in [0.717, 1.165) is 12.0 Å². The summed E-state index contributed by atoms with van der Waals surface area (Å²) in [5, 5.41) is 0. The van der Waals surface area contributed by atoms with Crippen molar-refractivity contribution in [2.24, 2.45) is 27.6 Å². The summed E-state index contributed by atoms with van der Waals surface area (Å²) in [5.74, 6) is 0.907. The molecule has 2 atom stereocenters. The molecule has 0 N–H and O–H groups in total. The van der Waals surface area contributed by atoms with Gasteiger partial charge in [-0.3, -0.25) is 9.80 Å². The molecular formula is C25H46N2. The fourth-order valence-corrected chi connectivity index (χ4v) is 7.24. The normalized spacial score (nSPS) is 41.1. The van der Waals surface area contributed by atoms with Crippen molar-refractivity contribution in [2.75, 3.05) is 26.2 Å². The van der Waals surface area contributed by atoms with Crippen LogP contribution in [-0.2, 0) is 0 Å². The topological polar surface area (TPSA) is 6.48 Å². The fourth-order valence-electron chi connectivity index (χ4n) is 7.24. The molecule has 2 nitrogen and oxygen atoms in total. The summed E-state index contributed by atoms with van der Waals surface area (Å²) < 4.78 is 0. The van der Waals surface area contributed by atoms with Crippen LogP contribution in [0.5, 0.6) is 0 Å². The second-order valence-electron chi connectivity index (χ2n) is 13.7. The second kappa shape index (κ2) is 5.97. The lowest BCUT2D eigenvalue weighted by Crippen LogP contribution is -2.57. The highest BCUT2D eigenvalue weighted by atomic mass is 15.2. The maximum absolute atomic E-state index is 2.93. The molecule has 4 fully saturated rings. The molecule has 0 aromatic heterocycles. The minimum Gasteiger partial charge on any atom is -0.299 e. The molecule has 2 unspecified atom stereocenters. The highest BCUT2D eigenvalue weighted by Crippen LogP contribution is 2.64. The zero-order valence-electron chi connectivity index (χ0n) is 19.6. The van der Waals surface area contributed by atoms with Crippen LogP contribution in [0.2, 0.25) is 0 Å². The Bertz CT molecular complexity index is 546. The summed E-state index contributed by atoms with van der Waals surface area (Å²) in [6.45, 7) is 25.1. The summed E-state index contributed by atoms with van der Waals surface area (Å²) in [4.78, 5) is 5.64. The van der Waals surface area contributed by atoms with Gasteiger partial charge in [-0.05, 0) is 100.0 Å². The van der Waals surface area contributed by atoms with E-state index >= 15 is 0 Å². The molecule has 0 radical (unpaired) electrons. The number of hydrogen-bond acceptors (Lipinski definition) is 2. The van der Waals surface area contributed by atoms with Crippen LogP contribution in [-0.4, -0.2) is 47.6 Å². The molecule has 2 saturated heterocycles. The molecule has 0 amide bonds. The van der Waals surface area contributed by atoms with E-state index in [4.69, 9.17) is 0 Å². The number of hydrogen-bond donors (Lipinski definition) is 0. The average Bonchev–Trinajstić information content (AvgIpc) is 2.88. The summed E-state index contributed by atoms with van der Waals surface area (Å²) in [7, 11) is 0. The van der Waals surface area contributed by atoms with E-state index in [9.17, 15) is 0 Å². The lowest BCUT2D eigenvalue weighted by molar-refractivity contribution is -0.0562.